The molecule has 2 saturated heterocycles. The van der Waals surface area contributed by atoms with Crippen molar-refractivity contribution >= 4 is 16.8 Å². The molecule has 0 bridgehead atoms. The van der Waals surface area contributed by atoms with E-state index in [1.54, 1.807) is 13.3 Å². The van der Waals surface area contributed by atoms with Crippen LogP contribution in [-0.2, 0) is 4.79 Å². The van der Waals surface area contributed by atoms with E-state index in [0.717, 1.165) is 28.8 Å². The van der Waals surface area contributed by atoms with E-state index < -0.39 is 12.2 Å². The van der Waals surface area contributed by atoms with Gasteiger partial charge in [0.15, 0.2) is 0 Å². The molecule has 7 nitrogen and oxygen atoms in total. The Morgan fingerprint density at radius 1 is 1.38 bits per heavy atom. The molecule has 1 aromatic carbocycles. The molecule has 0 unspecified atom stereocenters. The molecular formula is C21H23FN4O3. The maximum absolute atomic E-state index is 13.6. The SMILES string of the molecule is COc1ccc2nccc(O[C@H]3CCN(CC(=O)N4C[C@@H](F)C[C@H]4C#N)C3)c2c1. The average molecular weight is 398 g/mol. The molecule has 0 N–H and O–H groups in total. The molecule has 29 heavy (non-hydrogen) atoms. The molecule has 1 amide bonds. The molecule has 3 heterocycles. The summed E-state index contributed by atoms with van der Waals surface area (Å²) in [5, 5.41) is 10.0. The summed E-state index contributed by atoms with van der Waals surface area (Å²) in [5.41, 5.74) is 0.825. The van der Waals surface area contributed by atoms with Gasteiger partial charge in [0.05, 0.1) is 31.8 Å². The Bertz CT molecular complexity index is 947. The highest BCUT2D eigenvalue weighted by molar-refractivity contribution is 5.86. The summed E-state index contributed by atoms with van der Waals surface area (Å²) in [6.45, 7) is 1.50. The number of hydrogen-bond donors (Lipinski definition) is 0. The zero-order valence-corrected chi connectivity index (χ0v) is 16.3. The lowest BCUT2D eigenvalue weighted by atomic mass is 10.2. The molecule has 4 rings (SSSR count). The Kier molecular flexibility index (Phi) is 5.49. The number of carbonyl (C=O) groups excluding carboxylic acids is 1. The first-order valence-electron chi connectivity index (χ1n) is 9.72. The van der Waals surface area contributed by atoms with Crippen LogP contribution in [-0.4, -0.2) is 72.3 Å². The average Bonchev–Trinajstić information content (AvgIpc) is 3.33. The number of carbonyl (C=O) groups is 1. The topological polar surface area (TPSA) is 78.7 Å². The molecule has 2 aliphatic heterocycles. The minimum atomic E-state index is -1.12. The predicted octanol–water partition coefficient (Wildman–Crippen LogP) is 2.16. The summed E-state index contributed by atoms with van der Waals surface area (Å²) in [6.07, 6.45) is 1.43. The molecule has 1 aromatic heterocycles. The number of nitriles is 1. The van der Waals surface area contributed by atoms with Crippen LogP contribution in [0.3, 0.4) is 0 Å². The number of rotatable bonds is 5. The first-order valence-corrected chi connectivity index (χ1v) is 9.72. The van der Waals surface area contributed by atoms with Gasteiger partial charge in [-0.2, -0.15) is 5.26 Å². The van der Waals surface area contributed by atoms with Crippen molar-refractivity contribution in [2.45, 2.75) is 31.2 Å². The predicted molar refractivity (Wildman–Crippen MR) is 104 cm³/mol. The van der Waals surface area contributed by atoms with Crippen LogP contribution in [0.2, 0.25) is 0 Å². The van der Waals surface area contributed by atoms with Crippen molar-refractivity contribution in [1.29, 1.82) is 5.26 Å². The molecule has 152 valence electrons. The fourth-order valence-corrected chi connectivity index (χ4v) is 4.01. The van der Waals surface area contributed by atoms with Crippen molar-refractivity contribution in [1.82, 2.24) is 14.8 Å². The molecule has 0 aliphatic carbocycles. The zero-order valence-electron chi connectivity index (χ0n) is 16.3. The third kappa shape index (κ3) is 4.10. The lowest BCUT2D eigenvalue weighted by Crippen LogP contribution is -2.42. The Morgan fingerprint density at radius 2 is 2.24 bits per heavy atom. The summed E-state index contributed by atoms with van der Waals surface area (Å²) < 4.78 is 25.1. The van der Waals surface area contributed by atoms with E-state index >= 15 is 0 Å². The van der Waals surface area contributed by atoms with Crippen molar-refractivity contribution in [3.8, 4) is 17.6 Å². The van der Waals surface area contributed by atoms with E-state index in [-0.39, 0.29) is 31.5 Å². The van der Waals surface area contributed by atoms with E-state index in [9.17, 15) is 9.18 Å². The normalized spacial score (nSPS) is 24.6. The number of likely N-dealkylation sites (tertiary alicyclic amines) is 2. The second-order valence-corrected chi connectivity index (χ2v) is 7.48. The van der Waals surface area contributed by atoms with Gasteiger partial charge in [-0.1, -0.05) is 0 Å². The Balaban J connectivity index is 1.39. The van der Waals surface area contributed by atoms with Crippen LogP contribution in [0.1, 0.15) is 12.8 Å². The van der Waals surface area contributed by atoms with Crippen molar-refractivity contribution in [2.24, 2.45) is 0 Å². The zero-order chi connectivity index (χ0) is 20.4. The summed E-state index contributed by atoms with van der Waals surface area (Å²) in [7, 11) is 1.62. The lowest BCUT2D eigenvalue weighted by Gasteiger charge is -2.23. The number of halogens is 1. The number of hydrogen-bond acceptors (Lipinski definition) is 6. The monoisotopic (exact) mass is 398 g/mol. The third-order valence-corrected chi connectivity index (χ3v) is 5.51. The Morgan fingerprint density at radius 3 is 3.03 bits per heavy atom. The lowest BCUT2D eigenvalue weighted by molar-refractivity contribution is -0.132. The van der Waals surface area contributed by atoms with Gasteiger partial charge in [-0.3, -0.25) is 14.7 Å². The molecule has 0 radical (unpaired) electrons. The van der Waals surface area contributed by atoms with Crippen molar-refractivity contribution in [2.75, 3.05) is 33.3 Å². The standard InChI is InChI=1S/C21H23FN4O3/c1-28-16-2-3-19-18(9-16)20(4-6-24-19)29-17-5-7-25(12-17)13-21(27)26-11-14(22)8-15(26)10-23/h2-4,6,9,14-15,17H,5,7-8,11-13H2,1H3/t14-,15-,17-/m0/s1. The smallest absolute Gasteiger partial charge is 0.237 e. The maximum atomic E-state index is 13.6. The quantitative estimate of drug-likeness (QED) is 0.768. The molecule has 8 heteroatoms. The minimum absolute atomic E-state index is 0.00959. The van der Waals surface area contributed by atoms with Gasteiger partial charge in [-0.25, -0.2) is 4.39 Å². The van der Waals surface area contributed by atoms with Gasteiger partial charge in [0.2, 0.25) is 5.91 Å². The maximum Gasteiger partial charge on any atom is 0.237 e. The van der Waals surface area contributed by atoms with Gasteiger partial charge in [-0.05, 0) is 30.7 Å². The summed E-state index contributed by atoms with van der Waals surface area (Å²) in [6, 6.07) is 8.84. The van der Waals surface area contributed by atoms with Crippen molar-refractivity contribution < 1.29 is 18.7 Å². The first-order chi connectivity index (χ1) is 14.1. The number of aromatic nitrogens is 1. The number of ether oxygens (including phenoxy) is 2. The van der Waals surface area contributed by atoms with Gasteiger partial charge in [-0.15, -0.1) is 0 Å². The van der Waals surface area contributed by atoms with Gasteiger partial charge >= 0.3 is 0 Å². The van der Waals surface area contributed by atoms with Crippen molar-refractivity contribution in [3.63, 3.8) is 0 Å². The number of pyridine rings is 1. The van der Waals surface area contributed by atoms with E-state index in [0.29, 0.717) is 13.1 Å². The fraction of sp³-hybridized carbons (Fsp3) is 0.476. The highest BCUT2D eigenvalue weighted by Crippen LogP contribution is 2.30. The van der Waals surface area contributed by atoms with E-state index in [1.165, 1.54) is 4.90 Å². The van der Waals surface area contributed by atoms with E-state index in [4.69, 9.17) is 14.7 Å². The van der Waals surface area contributed by atoms with Crippen LogP contribution in [0, 0.1) is 11.3 Å². The van der Waals surface area contributed by atoms with Gasteiger partial charge in [0, 0.05) is 31.1 Å². The number of nitrogens with zero attached hydrogens (tertiary/aromatic N) is 4. The van der Waals surface area contributed by atoms with Crippen LogP contribution in [0.5, 0.6) is 11.5 Å². The van der Waals surface area contributed by atoms with Crippen LogP contribution in [0.25, 0.3) is 10.9 Å². The number of methoxy groups -OCH3 is 1. The second kappa shape index (κ2) is 8.21. The molecular weight excluding hydrogens is 375 g/mol. The molecule has 0 spiro atoms. The van der Waals surface area contributed by atoms with Crippen LogP contribution < -0.4 is 9.47 Å². The highest BCUT2D eigenvalue weighted by atomic mass is 19.1. The molecule has 0 saturated carbocycles. The van der Waals surface area contributed by atoms with Gasteiger partial charge in [0.1, 0.15) is 29.8 Å². The molecule has 2 fully saturated rings. The summed E-state index contributed by atoms with van der Waals surface area (Å²) >= 11 is 0. The first kappa shape index (κ1) is 19.4. The number of alkyl halides is 1. The van der Waals surface area contributed by atoms with Gasteiger partial charge in [0.25, 0.3) is 0 Å². The number of amides is 1. The summed E-state index contributed by atoms with van der Waals surface area (Å²) in [4.78, 5) is 20.2. The largest absolute Gasteiger partial charge is 0.497 e. The van der Waals surface area contributed by atoms with Crippen LogP contribution >= 0.6 is 0 Å². The van der Waals surface area contributed by atoms with Crippen LogP contribution in [0.4, 0.5) is 4.39 Å². The van der Waals surface area contributed by atoms with Gasteiger partial charge < -0.3 is 14.4 Å². The fourth-order valence-electron chi connectivity index (χ4n) is 4.01. The van der Waals surface area contributed by atoms with E-state index in [2.05, 4.69) is 4.98 Å². The highest BCUT2D eigenvalue weighted by Gasteiger charge is 2.36. The Labute approximate surface area is 168 Å². The molecule has 2 aliphatic rings. The van der Waals surface area contributed by atoms with E-state index in [1.807, 2.05) is 35.2 Å². The van der Waals surface area contributed by atoms with Crippen LogP contribution in [0.15, 0.2) is 30.5 Å². The minimum Gasteiger partial charge on any atom is -0.497 e. The van der Waals surface area contributed by atoms with Crippen molar-refractivity contribution in [3.05, 3.63) is 30.5 Å². The second-order valence-electron chi connectivity index (χ2n) is 7.48. The third-order valence-electron chi connectivity index (χ3n) is 5.51. The number of benzene rings is 1. The molecule has 2 aromatic rings. The summed E-state index contributed by atoms with van der Waals surface area (Å²) in [5.74, 6) is 1.27. The number of fused-ring (bicyclic) bond motifs is 1. The molecule has 3 atom stereocenters. The Hall–Kier alpha value is -2.92.